The fourth-order valence-corrected chi connectivity index (χ4v) is 27.4. The molecule has 6 heterocycles. The molecule has 1 aromatic rings. The van der Waals surface area contributed by atoms with Gasteiger partial charge in [-0.2, -0.15) is 0 Å². The molecule has 23 atom stereocenters. The third-order valence-corrected chi connectivity index (χ3v) is 31.4. The molecule has 7 saturated carbocycles. The molecule has 6 aliphatic heterocycles. The first-order valence-corrected chi connectivity index (χ1v) is 36.6. The Kier molecular flexibility index (Phi) is 15.7. The van der Waals surface area contributed by atoms with E-state index in [-0.39, 0.29) is 79.4 Å². The normalized spacial score (nSPS) is 49.3. The lowest BCUT2D eigenvalue weighted by molar-refractivity contribution is -0.309. The third-order valence-electron chi connectivity index (χ3n) is 28.7. The van der Waals surface area contributed by atoms with Gasteiger partial charge in [0.05, 0.1) is 41.3 Å². The number of phenolic OH excluding ortho intramolecular Hbond substituents is 1. The van der Waals surface area contributed by atoms with Gasteiger partial charge in [-0.05, 0) is 185 Å². The van der Waals surface area contributed by atoms with Crippen LogP contribution in [0.3, 0.4) is 0 Å². The van der Waals surface area contributed by atoms with E-state index in [1.807, 2.05) is 13.0 Å². The second-order valence-electron chi connectivity index (χ2n) is 31.7. The van der Waals surface area contributed by atoms with Crippen LogP contribution in [0.2, 0.25) is 0 Å². The number of phenols is 1. The first kappa shape index (κ1) is 62.9. The number of carbonyl (C=O) groups excluding carboxylic acids is 2. The number of allylic oxidation sites excluding steroid dienone is 2. The number of hydrogen-bond donors (Lipinski definition) is 10. The van der Waals surface area contributed by atoms with E-state index in [0.717, 1.165) is 54.9 Å². The highest BCUT2D eigenvalue weighted by atomic mass is 33.1. The van der Waals surface area contributed by atoms with Gasteiger partial charge in [0.25, 0.3) is 0 Å². The molecule has 1 amide bonds. The van der Waals surface area contributed by atoms with Gasteiger partial charge in [-0.1, -0.05) is 86.6 Å². The van der Waals surface area contributed by atoms with E-state index in [4.69, 9.17) is 9.47 Å². The fraction of sp³-hybridized carbons (Fsp3) is 0.803. The number of aryl methyl sites for hydroxylation is 1. The maximum Gasteiger partial charge on any atom is 0.234 e. The van der Waals surface area contributed by atoms with E-state index < -0.39 is 115 Å². The number of carbonyl (C=O) groups is 2. The second-order valence-corrected chi connectivity index (χ2v) is 34.2. The van der Waals surface area contributed by atoms with Crippen LogP contribution in [-0.4, -0.2) is 156 Å². The molecule has 2 saturated heterocycles. The number of nitrogens with one attached hydrogen (secondary N) is 1. The number of fused-ring (bicyclic) bond motifs is 4. The minimum atomic E-state index is -2.07. The Morgan fingerprint density at radius 1 is 0.943 bits per heavy atom. The topological polar surface area (TPSA) is 253 Å². The van der Waals surface area contributed by atoms with E-state index in [0.29, 0.717) is 113 Å². The number of aliphatic hydroxyl groups excluding tert-OH is 5. The van der Waals surface area contributed by atoms with Crippen LogP contribution in [0.25, 0.3) is 0 Å². The Labute approximate surface area is 528 Å². The van der Waals surface area contributed by atoms with Crippen molar-refractivity contribution in [1.29, 1.82) is 0 Å². The van der Waals surface area contributed by atoms with E-state index in [2.05, 4.69) is 50.1 Å². The molecule has 15 aliphatic rings. The van der Waals surface area contributed by atoms with Gasteiger partial charge < -0.3 is 65.6 Å². The molecular weight excluding hydrogens is 1150 g/mol. The molecule has 0 aromatic heterocycles. The quantitative estimate of drug-likeness (QED) is 0.0372. The summed E-state index contributed by atoms with van der Waals surface area (Å²) in [6, 6.07) is 5.38. The molecule has 15 nitrogen and oxygen atoms in total. The predicted octanol–water partition coefficient (Wildman–Crippen LogP) is 7.79. The molecule has 1 aromatic carbocycles. The van der Waals surface area contributed by atoms with Gasteiger partial charge in [0, 0.05) is 96.9 Å². The molecule has 88 heavy (non-hydrogen) atoms. The van der Waals surface area contributed by atoms with Crippen molar-refractivity contribution in [2.45, 2.75) is 215 Å². The van der Waals surface area contributed by atoms with Crippen molar-refractivity contribution in [2.75, 3.05) is 50.7 Å². The van der Waals surface area contributed by atoms with Crippen molar-refractivity contribution in [3.05, 3.63) is 47.6 Å². The first-order chi connectivity index (χ1) is 42.0. The van der Waals surface area contributed by atoms with Gasteiger partial charge >= 0.3 is 0 Å². The average molecular weight is 1250 g/mol. The van der Waals surface area contributed by atoms with Crippen molar-refractivity contribution in [2.24, 2.45) is 91.7 Å². The van der Waals surface area contributed by atoms with Crippen molar-refractivity contribution in [3.63, 3.8) is 0 Å². The number of epoxide rings is 1. The van der Waals surface area contributed by atoms with Crippen LogP contribution in [0.4, 0.5) is 5.69 Å². The molecule has 10 N–H and O–H groups in total. The highest BCUT2D eigenvalue weighted by Gasteiger charge is 2.84. The van der Waals surface area contributed by atoms with E-state index in [1.165, 1.54) is 10.8 Å². The monoisotopic (exact) mass is 1250 g/mol. The highest BCUT2D eigenvalue weighted by molar-refractivity contribution is 8.76. The molecule has 16 rings (SSSR count). The Hall–Kier alpha value is -2.54. The van der Waals surface area contributed by atoms with Gasteiger partial charge in [-0.3, -0.25) is 9.59 Å². The van der Waals surface area contributed by atoms with Crippen LogP contribution >= 0.6 is 21.6 Å². The summed E-state index contributed by atoms with van der Waals surface area (Å²) in [5, 5.41) is 122. The van der Waals surface area contributed by atoms with Crippen molar-refractivity contribution in [1.82, 2.24) is 5.32 Å². The summed E-state index contributed by atoms with van der Waals surface area (Å²) in [6.45, 7) is 8.75. The van der Waals surface area contributed by atoms with E-state index in [9.17, 15) is 46.0 Å². The minimum absolute atomic E-state index is 0.0396. The maximum atomic E-state index is 16.9. The zero-order valence-corrected chi connectivity index (χ0v) is 54.3. The largest absolute Gasteiger partial charge is 0.508 e. The smallest absolute Gasteiger partial charge is 0.234 e. The number of benzene rings is 1. The number of aliphatic hydroxyl groups is 8. The molecule has 0 unspecified atom stereocenters. The second kappa shape index (κ2) is 22.0. The number of methoxy groups -OCH3 is 1. The van der Waals surface area contributed by atoms with Crippen LogP contribution in [0.15, 0.2) is 42.0 Å². The SMILES string of the molecule is COCCC[C@@]12CC[C@@H](CC#C[C@H]3C[C@@]4(CN5C(=O)[C@@]46[C@H](CO)CCC[C@@H]6CSS[C@@H](O)[C@@]46C[C@@H](O)[C@](O)(CO)C7(CCCC7)[C@]4(C)[C@H]4C[C@H]7C=CC[C@](O)([C@@H]8O[C@H]8[C@H](C)C(C)C)[C@H]8CC[C@@](O)(C4=CC6=O)[C@]78CCc4cc(O)cc5c4)[C@H](O)[C@H]3CN1)C2. The molecule has 5 spiro atoms. The molecule has 0 radical (unpaired) electrons. The Morgan fingerprint density at radius 2 is 1.74 bits per heavy atom. The number of aromatic hydroxyl groups is 1. The predicted molar refractivity (Wildman–Crippen MR) is 337 cm³/mol. The summed E-state index contributed by atoms with van der Waals surface area (Å²) in [4.78, 5) is 35.2. The number of ether oxygens (including phenoxy) is 2. The molecule has 10 bridgehead atoms. The van der Waals surface area contributed by atoms with Crippen molar-refractivity contribution < 1.29 is 65.0 Å². The molecule has 9 aliphatic carbocycles. The number of anilines is 1. The number of ketones is 1. The average Bonchev–Trinajstić information content (AvgIpc) is 1.02. The fourth-order valence-electron chi connectivity index (χ4n) is 24.4. The van der Waals surface area contributed by atoms with Gasteiger partial charge in [0.2, 0.25) is 5.91 Å². The van der Waals surface area contributed by atoms with Crippen LogP contribution in [0.5, 0.6) is 5.75 Å². The molecule has 9 fully saturated rings. The zero-order valence-electron chi connectivity index (χ0n) is 52.6. The van der Waals surface area contributed by atoms with Gasteiger partial charge in [-0.15, -0.1) is 5.92 Å². The zero-order chi connectivity index (χ0) is 62.0. The summed E-state index contributed by atoms with van der Waals surface area (Å²) in [5.41, 5.74) is -13.1. The number of hydrogen-bond acceptors (Lipinski definition) is 16. The highest BCUT2D eigenvalue weighted by Crippen LogP contribution is 2.81. The minimum Gasteiger partial charge on any atom is -0.508 e. The van der Waals surface area contributed by atoms with Gasteiger partial charge in [-0.25, -0.2) is 0 Å². The molecular formula is C71H100N2O13S2. The van der Waals surface area contributed by atoms with Crippen LogP contribution in [0.1, 0.15) is 162 Å². The Bertz CT molecular complexity index is 3050. The van der Waals surface area contributed by atoms with Crippen LogP contribution < -0.4 is 10.2 Å². The summed E-state index contributed by atoms with van der Waals surface area (Å²) < 4.78 is 12.2. The summed E-state index contributed by atoms with van der Waals surface area (Å²) in [5.74, 6) is 4.63. The third kappa shape index (κ3) is 8.18. The lowest BCUT2D eigenvalue weighted by atomic mass is 9.31. The number of rotatable bonds is 9. The van der Waals surface area contributed by atoms with Crippen LogP contribution in [-0.2, 0) is 25.5 Å². The summed E-state index contributed by atoms with van der Waals surface area (Å²) in [6.07, 6.45) is 14.1. The lowest BCUT2D eigenvalue weighted by Crippen LogP contribution is -2.79. The van der Waals surface area contributed by atoms with Crippen molar-refractivity contribution in [3.8, 4) is 17.6 Å². The van der Waals surface area contributed by atoms with Crippen molar-refractivity contribution >= 4 is 39.0 Å². The number of amides is 1. The maximum absolute atomic E-state index is 16.9. The van der Waals surface area contributed by atoms with Gasteiger partial charge in [0.15, 0.2) is 5.78 Å². The van der Waals surface area contributed by atoms with E-state index in [1.54, 1.807) is 30.2 Å². The van der Waals surface area contributed by atoms with E-state index >= 15 is 9.59 Å². The Morgan fingerprint density at radius 3 is 2.49 bits per heavy atom. The summed E-state index contributed by atoms with van der Waals surface area (Å²) in [7, 11) is 4.28. The molecule has 17 heteroatoms. The van der Waals surface area contributed by atoms with Gasteiger partial charge in [0.1, 0.15) is 28.5 Å². The van der Waals surface area contributed by atoms with Crippen LogP contribution in [0, 0.1) is 104 Å². The lowest BCUT2D eigenvalue weighted by Gasteiger charge is -2.74. The first-order valence-electron chi connectivity index (χ1n) is 34.2. The standard InChI is InChI=1S/C71H100N2O13S2/c1-41(2)42(3)57-59(86-57)68(82)23-10-16-46-30-52-53-32-55(77)67(35-56(78)70(84,40-75)65(62(52,67)4)21-6-7-22-65)61(81)88-87-38-48-15-9-14-47(37-74)71(48)60(80)73(49-28-44(29-50(76)31-49)18-25-66(46)54(68)19-26-69(53,66)83)39-64(71)34-45-13-8-12-43-17-24-63(33-43,20-11-27-85-5)72-36-51(45)58(64)79/h10,16,28-29,31-32,41-43,45-48,51-52,54,56-59,61,72,74-76,78-79,81-84H,6-7,9,11-12,14-15,17-27,30,33-40H2,1-5H3/t42-,43-,45+,46-,47+,48-,51+,52+,54+,56-,57+,58-,59-,61-,62+,63+,64-,66-,67+,68-,69-,70-,71+/m1/s1. The summed E-state index contributed by atoms with van der Waals surface area (Å²) >= 11 is 0. The molecule has 484 valence electrons. The number of nitrogens with zero attached hydrogens (tertiary/aromatic N) is 1. The Balaban J connectivity index is 0.953.